The van der Waals surface area contributed by atoms with Crippen molar-refractivity contribution in [3.05, 3.63) is 70.0 Å². The molecular weight excluding hydrogens is 308 g/mol. The molecule has 3 aromatic rings. The van der Waals surface area contributed by atoms with E-state index in [1.165, 1.54) is 16.2 Å². The van der Waals surface area contributed by atoms with E-state index in [2.05, 4.69) is 4.98 Å². The molecule has 4 rings (SSSR count). The summed E-state index contributed by atoms with van der Waals surface area (Å²) in [6, 6.07) is 14.3. The van der Waals surface area contributed by atoms with Gasteiger partial charge in [0.15, 0.2) is 0 Å². The van der Waals surface area contributed by atoms with Crippen molar-refractivity contribution in [2.24, 2.45) is 0 Å². The van der Waals surface area contributed by atoms with Crippen molar-refractivity contribution >= 4 is 28.8 Å². The van der Waals surface area contributed by atoms with Crippen LogP contribution in [-0.2, 0) is 0 Å². The third kappa shape index (κ3) is 2.09. The molecule has 0 unspecified atom stereocenters. The Labute approximate surface area is 137 Å². The number of aryl methyl sites for hydroxylation is 1. The van der Waals surface area contributed by atoms with Crippen LogP contribution in [0.25, 0.3) is 11.3 Å². The summed E-state index contributed by atoms with van der Waals surface area (Å²) in [5, 5.41) is 2.88. The first kappa shape index (κ1) is 13.8. The lowest BCUT2D eigenvalue weighted by molar-refractivity contribution is 0.0926. The molecule has 0 radical (unpaired) electrons. The van der Waals surface area contributed by atoms with Gasteiger partial charge < -0.3 is 0 Å². The number of fused-ring (bicyclic) bond motifs is 1. The molecule has 0 N–H and O–H groups in total. The highest BCUT2D eigenvalue weighted by atomic mass is 32.1. The van der Waals surface area contributed by atoms with Gasteiger partial charge in [-0.2, -0.15) is 0 Å². The SMILES string of the molecule is Cc1nc(-c2ccccc2N2C(=O)c3ccccc3C2=O)cs1. The summed E-state index contributed by atoms with van der Waals surface area (Å²) >= 11 is 1.54. The van der Waals surface area contributed by atoms with E-state index in [0.29, 0.717) is 16.8 Å². The van der Waals surface area contributed by atoms with E-state index in [9.17, 15) is 9.59 Å². The minimum absolute atomic E-state index is 0.287. The van der Waals surface area contributed by atoms with Gasteiger partial charge in [-0.25, -0.2) is 9.88 Å². The van der Waals surface area contributed by atoms with Crippen molar-refractivity contribution in [2.75, 3.05) is 4.90 Å². The summed E-state index contributed by atoms with van der Waals surface area (Å²) in [5.41, 5.74) is 3.03. The second-order valence-corrected chi connectivity index (χ2v) is 6.32. The van der Waals surface area contributed by atoms with Crippen LogP contribution < -0.4 is 4.90 Å². The third-order valence-electron chi connectivity index (χ3n) is 3.83. The number of hydrogen-bond donors (Lipinski definition) is 0. The molecule has 1 aliphatic rings. The Morgan fingerprint density at radius 2 is 1.43 bits per heavy atom. The summed E-state index contributed by atoms with van der Waals surface area (Å²) in [6.45, 7) is 1.93. The first-order valence-corrected chi connectivity index (χ1v) is 8.04. The number of thiazole rings is 1. The van der Waals surface area contributed by atoms with E-state index in [0.717, 1.165) is 16.3 Å². The van der Waals surface area contributed by atoms with Crippen LogP contribution in [0.1, 0.15) is 25.7 Å². The van der Waals surface area contributed by atoms with Crippen LogP contribution in [0.15, 0.2) is 53.9 Å². The van der Waals surface area contributed by atoms with Crippen molar-refractivity contribution in [1.82, 2.24) is 4.98 Å². The highest BCUT2D eigenvalue weighted by Crippen LogP contribution is 2.36. The zero-order valence-electron chi connectivity index (χ0n) is 12.3. The van der Waals surface area contributed by atoms with Gasteiger partial charge in [0.05, 0.1) is 27.5 Å². The van der Waals surface area contributed by atoms with Gasteiger partial charge >= 0.3 is 0 Å². The lowest BCUT2D eigenvalue weighted by Gasteiger charge is -2.17. The number of nitrogens with zero attached hydrogens (tertiary/aromatic N) is 2. The second-order valence-electron chi connectivity index (χ2n) is 5.26. The largest absolute Gasteiger partial charge is 0.268 e. The molecule has 0 fully saturated rings. The molecule has 0 atom stereocenters. The van der Waals surface area contributed by atoms with E-state index in [1.807, 2.05) is 30.5 Å². The number of para-hydroxylation sites is 1. The zero-order chi connectivity index (χ0) is 16.0. The number of imide groups is 1. The number of hydrogen-bond acceptors (Lipinski definition) is 4. The van der Waals surface area contributed by atoms with E-state index in [1.54, 1.807) is 30.3 Å². The zero-order valence-corrected chi connectivity index (χ0v) is 13.1. The Balaban J connectivity index is 1.87. The summed E-state index contributed by atoms with van der Waals surface area (Å²) in [6.07, 6.45) is 0. The molecule has 2 heterocycles. The number of aromatic nitrogens is 1. The van der Waals surface area contributed by atoms with E-state index in [-0.39, 0.29) is 11.8 Å². The van der Waals surface area contributed by atoms with Crippen LogP contribution in [0.2, 0.25) is 0 Å². The first-order chi connectivity index (χ1) is 11.2. The quantitative estimate of drug-likeness (QED) is 0.672. The highest BCUT2D eigenvalue weighted by Gasteiger charge is 2.37. The monoisotopic (exact) mass is 320 g/mol. The van der Waals surface area contributed by atoms with Crippen molar-refractivity contribution in [3.8, 4) is 11.3 Å². The fourth-order valence-corrected chi connectivity index (χ4v) is 3.39. The van der Waals surface area contributed by atoms with Gasteiger partial charge in [-0.05, 0) is 25.1 Å². The van der Waals surface area contributed by atoms with Crippen LogP contribution in [-0.4, -0.2) is 16.8 Å². The second kappa shape index (κ2) is 5.14. The molecule has 112 valence electrons. The normalized spacial score (nSPS) is 13.5. The van der Waals surface area contributed by atoms with E-state index >= 15 is 0 Å². The minimum atomic E-state index is -0.287. The Kier molecular flexibility index (Phi) is 3.09. The lowest BCUT2D eigenvalue weighted by Crippen LogP contribution is -2.29. The molecule has 4 nitrogen and oxygen atoms in total. The van der Waals surface area contributed by atoms with Gasteiger partial charge in [-0.3, -0.25) is 9.59 Å². The fourth-order valence-electron chi connectivity index (χ4n) is 2.78. The number of carbonyl (C=O) groups is 2. The third-order valence-corrected chi connectivity index (χ3v) is 4.61. The molecule has 0 aliphatic carbocycles. The maximum Gasteiger partial charge on any atom is 0.266 e. The molecule has 2 amide bonds. The molecule has 5 heteroatoms. The number of carbonyl (C=O) groups excluding carboxylic acids is 2. The van der Waals surface area contributed by atoms with Crippen LogP contribution in [0.3, 0.4) is 0 Å². The highest BCUT2D eigenvalue weighted by molar-refractivity contribution is 7.09. The number of rotatable bonds is 2. The predicted molar refractivity (Wildman–Crippen MR) is 89.9 cm³/mol. The van der Waals surface area contributed by atoms with Gasteiger partial charge in [-0.15, -0.1) is 11.3 Å². The Morgan fingerprint density at radius 1 is 0.870 bits per heavy atom. The molecule has 0 saturated heterocycles. The van der Waals surface area contributed by atoms with Crippen molar-refractivity contribution in [2.45, 2.75) is 6.92 Å². The van der Waals surface area contributed by atoms with Crippen molar-refractivity contribution < 1.29 is 9.59 Å². The molecule has 0 saturated carbocycles. The average molecular weight is 320 g/mol. The standard InChI is InChI=1S/C18H12N2O2S/c1-11-19-15(10-23-11)14-8-4-5-9-16(14)20-17(21)12-6-2-3-7-13(12)18(20)22/h2-10H,1H3. The minimum Gasteiger partial charge on any atom is -0.268 e. The van der Waals surface area contributed by atoms with Crippen LogP contribution in [0.5, 0.6) is 0 Å². The van der Waals surface area contributed by atoms with Gasteiger partial charge in [0.1, 0.15) is 0 Å². The Bertz CT molecular complexity index is 910. The molecule has 2 aromatic carbocycles. The molecular formula is C18H12N2O2S. The van der Waals surface area contributed by atoms with E-state index < -0.39 is 0 Å². The summed E-state index contributed by atoms with van der Waals surface area (Å²) in [4.78, 5) is 31.1. The van der Waals surface area contributed by atoms with Crippen molar-refractivity contribution in [3.63, 3.8) is 0 Å². The van der Waals surface area contributed by atoms with Crippen LogP contribution >= 0.6 is 11.3 Å². The topological polar surface area (TPSA) is 50.3 Å². The maximum atomic E-state index is 12.7. The maximum absolute atomic E-state index is 12.7. The summed E-state index contributed by atoms with van der Waals surface area (Å²) in [7, 11) is 0. The summed E-state index contributed by atoms with van der Waals surface area (Å²) < 4.78 is 0. The van der Waals surface area contributed by atoms with Gasteiger partial charge in [0, 0.05) is 10.9 Å². The van der Waals surface area contributed by atoms with E-state index in [4.69, 9.17) is 0 Å². The Hall–Kier alpha value is -2.79. The average Bonchev–Trinajstić information content (AvgIpc) is 3.11. The summed E-state index contributed by atoms with van der Waals surface area (Å²) in [5.74, 6) is -0.574. The lowest BCUT2D eigenvalue weighted by atomic mass is 10.1. The molecule has 0 spiro atoms. The van der Waals surface area contributed by atoms with Crippen LogP contribution in [0.4, 0.5) is 5.69 Å². The first-order valence-electron chi connectivity index (χ1n) is 7.16. The number of benzene rings is 2. The number of amides is 2. The van der Waals surface area contributed by atoms with Crippen molar-refractivity contribution in [1.29, 1.82) is 0 Å². The number of anilines is 1. The molecule has 23 heavy (non-hydrogen) atoms. The van der Waals surface area contributed by atoms with Crippen LogP contribution in [0, 0.1) is 6.92 Å². The molecule has 1 aromatic heterocycles. The predicted octanol–water partition coefficient (Wildman–Crippen LogP) is 3.92. The van der Waals surface area contributed by atoms with Gasteiger partial charge in [0.2, 0.25) is 0 Å². The van der Waals surface area contributed by atoms with Gasteiger partial charge in [-0.1, -0.05) is 30.3 Å². The Morgan fingerprint density at radius 3 is 2.00 bits per heavy atom. The van der Waals surface area contributed by atoms with Gasteiger partial charge in [0.25, 0.3) is 11.8 Å². The fraction of sp³-hybridized carbons (Fsp3) is 0.0556. The molecule has 1 aliphatic heterocycles. The smallest absolute Gasteiger partial charge is 0.266 e. The molecule has 0 bridgehead atoms.